The second kappa shape index (κ2) is 5.42. The summed E-state index contributed by atoms with van der Waals surface area (Å²) < 4.78 is 38.1. The molecule has 3 rings (SSSR count). The van der Waals surface area contributed by atoms with E-state index < -0.39 is 32.6 Å². The van der Waals surface area contributed by atoms with E-state index in [1.807, 2.05) is 0 Å². The first-order valence-corrected chi connectivity index (χ1v) is 9.36. The molecule has 122 valence electrons. The Labute approximate surface area is 136 Å². The normalized spacial score (nSPS) is 15.1. The van der Waals surface area contributed by atoms with Gasteiger partial charge in [0, 0.05) is 23.9 Å². The minimum Gasteiger partial charge on any atom is -0.343 e. The van der Waals surface area contributed by atoms with Crippen LogP contribution in [0.5, 0.6) is 0 Å². The molecule has 0 atom stereocenters. The molecule has 1 aliphatic carbocycles. The van der Waals surface area contributed by atoms with E-state index in [0.717, 1.165) is 25.2 Å². The Bertz CT molecular complexity index is 993. The first-order valence-electron chi connectivity index (χ1n) is 6.92. The molecule has 0 amide bonds. The summed E-state index contributed by atoms with van der Waals surface area (Å²) >= 11 is 5.79. The Hall–Kier alpha value is -1.73. The van der Waals surface area contributed by atoms with Gasteiger partial charge in [0.25, 0.3) is 0 Å². The summed E-state index contributed by atoms with van der Waals surface area (Å²) in [5, 5.41) is -0.0836. The lowest BCUT2D eigenvalue weighted by molar-refractivity contribution is 0.101. The number of carbonyl (C=O) groups excluding carboxylic acids is 1. The first-order chi connectivity index (χ1) is 10.7. The summed E-state index contributed by atoms with van der Waals surface area (Å²) in [5.74, 6) is -2.30. The zero-order chi connectivity index (χ0) is 16.9. The van der Waals surface area contributed by atoms with Crippen molar-refractivity contribution >= 4 is 38.1 Å². The highest BCUT2D eigenvalue weighted by Crippen LogP contribution is 2.37. The van der Waals surface area contributed by atoms with Gasteiger partial charge in [0.05, 0.1) is 16.1 Å². The average molecular weight is 358 g/mol. The molecule has 1 fully saturated rings. The van der Waals surface area contributed by atoms with Crippen LogP contribution in [0.2, 0.25) is 5.02 Å². The van der Waals surface area contributed by atoms with Gasteiger partial charge in [-0.15, -0.1) is 0 Å². The van der Waals surface area contributed by atoms with Crippen LogP contribution in [0.15, 0.2) is 23.1 Å². The van der Waals surface area contributed by atoms with Crippen molar-refractivity contribution in [3.05, 3.63) is 45.0 Å². The van der Waals surface area contributed by atoms with Crippen LogP contribution in [-0.4, -0.2) is 30.8 Å². The number of nitrogens with zero attached hydrogens (tertiary/aromatic N) is 1. The molecule has 0 bridgehead atoms. The predicted octanol–water partition coefficient (Wildman–Crippen LogP) is 2.36. The Morgan fingerprint density at radius 3 is 2.61 bits per heavy atom. The number of hydrogen-bond donors (Lipinski definition) is 0. The second-order valence-corrected chi connectivity index (χ2v) is 8.33. The first kappa shape index (κ1) is 16.1. The number of ketones is 1. The molecule has 23 heavy (non-hydrogen) atoms. The van der Waals surface area contributed by atoms with Gasteiger partial charge in [-0.05, 0) is 25.0 Å². The standard InChI is InChI=1S/C15H13ClFNO4S/c1-23(21,22)7-14(19)10-6-18(8-2-3-8)13-5-11(16)12(17)4-9(13)15(10)20/h4-6,8H,2-3,7H2,1H3. The van der Waals surface area contributed by atoms with Crippen molar-refractivity contribution < 1.29 is 17.6 Å². The van der Waals surface area contributed by atoms with Crippen molar-refractivity contribution in [3.63, 3.8) is 0 Å². The Balaban J connectivity index is 2.28. The maximum Gasteiger partial charge on any atom is 0.200 e. The van der Waals surface area contributed by atoms with E-state index in [-0.39, 0.29) is 22.0 Å². The maximum atomic E-state index is 13.7. The molecule has 8 heteroatoms. The van der Waals surface area contributed by atoms with Gasteiger partial charge < -0.3 is 4.57 Å². The third-order valence-electron chi connectivity index (χ3n) is 3.71. The van der Waals surface area contributed by atoms with Crippen molar-refractivity contribution in [1.82, 2.24) is 4.57 Å². The summed E-state index contributed by atoms with van der Waals surface area (Å²) in [6.45, 7) is 0. The third kappa shape index (κ3) is 3.16. The molecular weight excluding hydrogens is 345 g/mol. The fraction of sp³-hybridized carbons (Fsp3) is 0.333. The Kier molecular flexibility index (Phi) is 3.80. The number of carbonyl (C=O) groups is 1. The number of halogens is 2. The smallest absolute Gasteiger partial charge is 0.200 e. The minimum atomic E-state index is -3.57. The van der Waals surface area contributed by atoms with Gasteiger partial charge in [0.15, 0.2) is 21.0 Å². The van der Waals surface area contributed by atoms with Crippen LogP contribution in [0, 0.1) is 5.82 Å². The van der Waals surface area contributed by atoms with Crippen LogP contribution < -0.4 is 5.43 Å². The molecule has 0 unspecified atom stereocenters. The molecule has 1 saturated carbocycles. The van der Waals surface area contributed by atoms with E-state index in [0.29, 0.717) is 5.52 Å². The number of hydrogen-bond acceptors (Lipinski definition) is 4. The maximum absolute atomic E-state index is 13.7. The molecule has 1 aromatic carbocycles. The highest BCUT2D eigenvalue weighted by atomic mass is 35.5. The van der Waals surface area contributed by atoms with Crippen molar-refractivity contribution in [3.8, 4) is 0 Å². The van der Waals surface area contributed by atoms with Crippen LogP contribution in [0.3, 0.4) is 0 Å². The van der Waals surface area contributed by atoms with Gasteiger partial charge in [-0.1, -0.05) is 11.6 Å². The summed E-state index contributed by atoms with van der Waals surface area (Å²) in [7, 11) is -3.57. The molecule has 0 radical (unpaired) electrons. The fourth-order valence-electron chi connectivity index (χ4n) is 2.51. The van der Waals surface area contributed by atoms with E-state index in [1.54, 1.807) is 4.57 Å². The number of benzene rings is 1. The zero-order valence-corrected chi connectivity index (χ0v) is 13.7. The molecule has 1 aromatic heterocycles. The van der Waals surface area contributed by atoms with Crippen LogP contribution in [-0.2, 0) is 9.84 Å². The summed E-state index contributed by atoms with van der Waals surface area (Å²) in [6.07, 6.45) is 4.02. The number of pyridine rings is 1. The number of fused-ring (bicyclic) bond motifs is 1. The number of Topliss-reactive ketones (excluding diaryl/α,β-unsaturated/α-hetero) is 1. The van der Waals surface area contributed by atoms with Crippen molar-refractivity contribution in [1.29, 1.82) is 0 Å². The van der Waals surface area contributed by atoms with Gasteiger partial charge in [-0.2, -0.15) is 0 Å². The number of rotatable bonds is 4. The lowest BCUT2D eigenvalue weighted by Gasteiger charge is -2.13. The third-order valence-corrected chi connectivity index (χ3v) is 4.78. The summed E-state index contributed by atoms with van der Waals surface area (Å²) in [5.41, 5.74) is -0.475. The van der Waals surface area contributed by atoms with E-state index in [4.69, 9.17) is 11.6 Å². The van der Waals surface area contributed by atoms with E-state index in [1.165, 1.54) is 12.3 Å². The highest BCUT2D eigenvalue weighted by molar-refractivity contribution is 7.91. The largest absolute Gasteiger partial charge is 0.343 e. The topological polar surface area (TPSA) is 73.2 Å². The molecule has 1 heterocycles. The molecule has 0 N–H and O–H groups in total. The van der Waals surface area contributed by atoms with Gasteiger partial charge in [-0.3, -0.25) is 9.59 Å². The molecular formula is C15H13ClFNO4S. The SMILES string of the molecule is CS(=O)(=O)CC(=O)c1cn(C2CC2)c2cc(Cl)c(F)cc2c1=O. The average Bonchev–Trinajstić information content (AvgIpc) is 3.24. The summed E-state index contributed by atoms with van der Waals surface area (Å²) in [6, 6.07) is 2.46. The van der Waals surface area contributed by atoms with Gasteiger partial charge in [0.2, 0.25) is 0 Å². The number of aromatic nitrogens is 1. The molecule has 5 nitrogen and oxygen atoms in total. The monoisotopic (exact) mass is 357 g/mol. The van der Waals surface area contributed by atoms with Gasteiger partial charge in [-0.25, -0.2) is 12.8 Å². The van der Waals surface area contributed by atoms with E-state index in [9.17, 15) is 22.4 Å². The lowest BCUT2D eigenvalue weighted by Crippen LogP contribution is -2.24. The molecule has 0 saturated heterocycles. The van der Waals surface area contributed by atoms with Gasteiger partial charge in [0.1, 0.15) is 11.6 Å². The van der Waals surface area contributed by atoms with E-state index in [2.05, 4.69) is 0 Å². The van der Waals surface area contributed by atoms with Crippen LogP contribution in [0.25, 0.3) is 10.9 Å². The minimum absolute atomic E-state index is 0.0261. The van der Waals surface area contributed by atoms with E-state index >= 15 is 0 Å². The fourth-order valence-corrected chi connectivity index (χ4v) is 3.30. The molecule has 0 spiro atoms. The molecule has 0 aliphatic heterocycles. The Morgan fingerprint density at radius 1 is 1.39 bits per heavy atom. The molecule has 1 aliphatic rings. The predicted molar refractivity (Wildman–Crippen MR) is 85.5 cm³/mol. The summed E-state index contributed by atoms with van der Waals surface area (Å²) in [4.78, 5) is 24.6. The highest BCUT2D eigenvalue weighted by Gasteiger charge is 2.28. The Morgan fingerprint density at radius 2 is 2.04 bits per heavy atom. The van der Waals surface area contributed by atoms with Crippen molar-refractivity contribution in [2.75, 3.05) is 12.0 Å². The van der Waals surface area contributed by atoms with Crippen LogP contribution >= 0.6 is 11.6 Å². The molecule has 2 aromatic rings. The van der Waals surface area contributed by atoms with Crippen LogP contribution in [0.4, 0.5) is 4.39 Å². The zero-order valence-electron chi connectivity index (χ0n) is 12.2. The second-order valence-electron chi connectivity index (χ2n) is 5.79. The van der Waals surface area contributed by atoms with Crippen molar-refractivity contribution in [2.45, 2.75) is 18.9 Å². The lowest BCUT2D eigenvalue weighted by atomic mass is 10.1. The van der Waals surface area contributed by atoms with Crippen molar-refractivity contribution in [2.24, 2.45) is 0 Å². The van der Waals surface area contributed by atoms with Gasteiger partial charge >= 0.3 is 0 Å². The number of sulfone groups is 1. The quantitative estimate of drug-likeness (QED) is 0.787. The van der Waals surface area contributed by atoms with Crippen LogP contribution in [0.1, 0.15) is 29.2 Å².